The Labute approximate surface area is 111 Å². The van der Waals surface area contributed by atoms with Gasteiger partial charge in [-0.3, -0.25) is 4.79 Å². The summed E-state index contributed by atoms with van der Waals surface area (Å²) in [5, 5.41) is 0. The van der Waals surface area contributed by atoms with Crippen molar-refractivity contribution in [3.05, 3.63) is 0 Å². The third-order valence-electron chi connectivity index (χ3n) is 3.07. The van der Waals surface area contributed by atoms with Crippen LogP contribution in [0.15, 0.2) is 0 Å². The quantitative estimate of drug-likeness (QED) is 0.755. The first-order valence-corrected chi connectivity index (χ1v) is 7.78. The highest BCUT2D eigenvalue weighted by Crippen LogP contribution is 2.26. The van der Waals surface area contributed by atoms with Crippen molar-refractivity contribution in [1.82, 2.24) is 4.31 Å². The lowest BCUT2D eigenvalue weighted by Gasteiger charge is -2.23. The molecule has 1 aliphatic rings. The fourth-order valence-corrected chi connectivity index (χ4v) is 4.07. The molecule has 0 spiro atoms. The molecule has 0 aromatic rings. The Hall–Kier alpha value is -0.630. The van der Waals surface area contributed by atoms with Crippen molar-refractivity contribution < 1.29 is 26.4 Å². The lowest BCUT2D eigenvalue weighted by molar-refractivity contribution is -0.134. The number of ketones is 1. The molecule has 0 bridgehead atoms. The SMILES string of the molecule is CC(=O)CC1CCCN1S(=O)(=O)CCCC(F)(F)F. The van der Waals surface area contributed by atoms with Crippen molar-refractivity contribution >= 4 is 15.8 Å². The minimum atomic E-state index is -4.33. The summed E-state index contributed by atoms with van der Waals surface area (Å²) in [6.45, 7) is 1.68. The van der Waals surface area contributed by atoms with Crippen LogP contribution in [0, 0.1) is 0 Å². The van der Waals surface area contributed by atoms with Crippen LogP contribution in [0.3, 0.4) is 0 Å². The molecule has 1 atom stereocenters. The third-order valence-corrected chi connectivity index (χ3v) is 5.07. The van der Waals surface area contributed by atoms with E-state index in [9.17, 15) is 26.4 Å². The van der Waals surface area contributed by atoms with E-state index in [0.717, 1.165) is 0 Å². The molecule has 0 aliphatic carbocycles. The van der Waals surface area contributed by atoms with E-state index in [1.54, 1.807) is 0 Å². The maximum Gasteiger partial charge on any atom is 0.389 e. The highest BCUT2D eigenvalue weighted by molar-refractivity contribution is 7.89. The summed E-state index contributed by atoms with van der Waals surface area (Å²) in [6.07, 6.45) is -4.49. The Balaban J connectivity index is 2.58. The fraction of sp³-hybridized carbons (Fsp3) is 0.909. The molecule has 0 saturated carbocycles. The second-order valence-electron chi connectivity index (χ2n) is 4.85. The van der Waals surface area contributed by atoms with Crippen LogP contribution in [-0.2, 0) is 14.8 Å². The monoisotopic (exact) mass is 301 g/mol. The summed E-state index contributed by atoms with van der Waals surface area (Å²) < 4.78 is 61.1. The van der Waals surface area contributed by atoms with Gasteiger partial charge in [-0.2, -0.15) is 17.5 Å². The number of nitrogens with zero attached hydrogens (tertiary/aromatic N) is 1. The maximum absolute atomic E-state index is 12.0. The fourth-order valence-electron chi connectivity index (χ4n) is 2.28. The van der Waals surface area contributed by atoms with Gasteiger partial charge in [0, 0.05) is 25.4 Å². The van der Waals surface area contributed by atoms with Gasteiger partial charge in [0.05, 0.1) is 5.75 Å². The van der Waals surface area contributed by atoms with Crippen LogP contribution in [0.2, 0.25) is 0 Å². The molecular weight excluding hydrogens is 283 g/mol. The van der Waals surface area contributed by atoms with Gasteiger partial charge in [-0.1, -0.05) is 0 Å². The standard InChI is InChI=1S/C11H18F3NO3S/c1-9(16)8-10-4-2-6-15(10)19(17,18)7-3-5-11(12,13)14/h10H,2-8H2,1H3. The lowest BCUT2D eigenvalue weighted by atomic mass is 10.1. The van der Waals surface area contributed by atoms with Gasteiger partial charge in [-0.25, -0.2) is 8.42 Å². The topological polar surface area (TPSA) is 54.5 Å². The molecule has 1 rings (SSSR count). The van der Waals surface area contributed by atoms with Crippen LogP contribution in [0.1, 0.15) is 39.0 Å². The lowest BCUT2D eigenvalue weighted by Crippen LogP contribution is -2.38. The van der Waals surface area contributed by atoms with E-state index in [1.807, 2.05) is 0 Å². The van der Waals surface area contributed by atoms with Crippen molar-refractivity contribution in [2.45, 2.75) is 51.2 Å². The predicted molar refractivity (Wildman–Crippen MR) is 64.1 cm³/mol. The van der Waals surface area contributed by atoms with Gasteiger partial charge in [0.2, 0.25) is 10.0 Å². The minimum absolute atomic E-state index is 0.109. The van der Waals surface area contributed by atoms with Crippen LogP contribution < -0.4 is 0 Å². The number of carbonyl (C=O) groups excluding carboxylic acids is 1. The highest BCUT2D eigenvalue weighted by atomic mass is 32.2. The smallest absolute Gasteiger partial charge is 0.300 e. The Morgan fingerprint density at radius 1 is 1.37 bits per heavy atom. The van der Waals surface area contributed by atoms with E-state index in [4.69, 9.17) is 0 Å². The summed E-state index contributed by atoms with van der Waals surface area (Å²) in [6, 6.07) is -0.381. The summed E-state index contributed by atoms with van der Waals surface area (Å²) in [5.41, 5.74) is 0. The Morgan fingerprint density at radius 2 is 2.00 bits per heavy atom. The first-order valence-electron chi connectivity index (χ1n) is 6.17. The minimum Gasteiger partial charge on any atom is -0.300 e. The molecule has 1 aliphatic heterocycles. The predicted octanol–water partition coefficient (Wildman–Crippen LogP) is 2.10. The van der Waals surface area contributed by atoms with E-state index in [-0.39, 0.29) is 18.2 Å². The number of sulfonamides is 1. The van der Waals surface area contributed by atoms with Crippen LogP contribution in [0.4, 0.5) is 13.2 Å². The van der Waals surface area contributed by atoms with E-state index in [0.29, 0.717) is 19.4 Å². The molecule has 1 saturated heterocycles. The second kappa shape index (κ2) is 6.21. The van der Waals surface area contributed by atoms with E-state index >= 15 is 0 Å². The van der Waals surface area contributed by atoms with E-state index in [2.05, 4.69) is 0 Å². The van der Waals surface area contributed by atoms with Crippen molar-refractivity contribution in [1.29, 1.82) is 0 Å². The van der Waals surface area contributed by atoms with Crippen molar-refractivity contribution in [2.75, 3.05) is 12.3 Å². The highest BCUT2D eigenvalue weighted by Gasteiger charge is 2.35. The van der Waals surface area contributed by atoms with E-state index in [1.165, 1.54) is 11.2 Å². The number of halogens is 3. The molecule has 1 heterocycles. The molecule has 1 unspecified atom stereocenters. The normalized spacial score (nSPS) is 21.8. The molecule has 19 heavy (non-hydrogen) atoms. The first kappa shape index (κ1) is 16.4. The van der Waals surface area contributed by atoms with Gasteiger partial charge in [0.25, 0.3) is 0 Å². The van der Waals surface area contributed by atoms with Crippen molar-refractivity contribution in [2.24, 2.45) is 0 Å². The van der Waals surface area contributed by atoms with Gasteiger partial charge in [-0.05, 0) is 26.2 Å². The molecular formula is C11H18F3NO3S. The number of carbonyl (C=O) groups is 1. The Morgan fingerprint density at radius 3 is 2.53 bits per heavy atom. The maximum atomic E-state index is 12.0. The zero-order chi connectivity index (χ0) is 14.7. The molecule has 4 nitrogen and oxygen atoms in total. The number of Topliss-reactive ketones (excluding diaryl/α,β-unsaturated/α-hetero) is 1. The Kier molecular flexibility index (Phi) is 5.37. The summed E-state index contributed by atoms with van der Waals surface area (Å²) >= 11 is 0. The molecule has 8 heteroatoms. The summed E-state index contributed by atoms with van der Waals surface area (Å²) in [7, 11) is -3.70. The van der Waals surface area contributed by atoms with Gasteiger partial charge < -0.3 is 0 Å². The zero-order valence-electron chi connectivity index (χ0n) is 10.7. The largest absolute Gasteiger partial charge is 0.389 e. The van der Waals surface area contributed by atoms with Gasteiger partial charge in [0.15, 0.2) is 0 Å². The molecule has 0 amide bonds. The molecule has 0 aromatic carbocycles. The number of hydrogen-bond acceptors (Lipinski definition) is 3. The molecule has 0 aromatic heterocycles. The van der Waals surface area contributed by atoms with Crippen LogP contribution >= 0.6 is 0 Å². The van der Waals surface area contributed by atoms with Crippen LogP contribution in [-0.4, -0.2) is 43.0 Å². The third kappa shape index (κ3) is 5.48. The van der Waals surface area contributed by atoms with Gasteiger partial charge in [0.1, 0.15) is 5.78 Å². The van der Waals surface area contributed by atoms with E-state index < -0.39 is 34.8 Å². The van der Waals surface area contributed by atoms with Crippen molar-refractivity contribution in [3.8, 4) is 0 Å². The zero-order valence-corrected chi connectivity index (χ0v) is 11.6. The summed E-state index contributed by atoms with van der Waals surface area (Å²) in [4.78, 5) is 11.0. The molecule has 0 radical (unpaired) electrons. The molecule has 112 valence electrons. The van der Waals surface area contributed by atoms with Crippen LogP contribution in [0.5, 0.6) is 0 Å². The average Bonchev–Trinajstić information content (AvgIpc) is 2.62. The Bertz CT molecular complexity index is 419. The van der Waals surface area contributed by atoms with Crippen LogP contribution in [0.25, 0.3) is 0 Å². The van der Waals surface area contributed by atoms with Gasteiger partial charge >= 0.3 is 6.18 Å². The second-order valence-corrected chi connectivity index (χ2v) is 6.89. The number of rotatable bonds is 6. The molecule has 1 fully saturated rings. The number of alkyl halides is 3. The van der Waals surface area contributed by atoms with Gasteiger partial charge in [-0.15, -0.1) is 0 Å². The average molecular weight is 301 g/mol. The molecule has 0 N–H and O–H groups in total. The summed E-state index contributed by atoms with van der Waals surface area (Å²) in [5.74, 6) is -0.622. The number of hydrogen-bond donors (Lipinski definition) is 0. The van der Waals surface area contributed by atoms with Crippen molar-refractivity contribution in [3.63, 3.8) is 0 Å². The first-order chi connectivity index (χ1) is 8.62.